The number of aliphatic imine (C=N–C) groups is 1. The van der Waals surface area contributed by atoms with Gasteiger partial charge in [0.05, 0.1) is 11.7 Å². The van der Waals surface area contributed by atoms with E-state index in [2.05, 4.69) is 21.7 Å². The van der Waals surface area contributed by atoms with Crippen LogP contribution in [-0.2, 0) is 0 Å². The van der Waals surface area contributed by atoms with Crippen molar-refractivity contribution in [2.75, 3.05) is 44.7 Å². The van der Waals surface area contributed by atoms with Crippen LogP contribution in [-0.4, -0.2) is 66.2 Å². The number of nitrogens with one attached hydrogen (secondary N) is 1. The van der Waals surface area contributed by atoms with Gasteiger partial charge in [-0.2, -0.15) is 11.8 Å². The Balaban J connectivity index is 0.000000180. The smallest absolute Gasteiger partial charge is 0.0954 e. The minimum Gasteiger partial charge on any atom is -0.361 e. The van der Waals surface area contributed by atoms with Gasteiger partial charge in [-0.3, -0.25) is 10.4 Å². The predicted octanol–water partition coefficient (Wildman–Crippen LogP) is 2.16. The molecule has 2 heterocycles. The minimum atomic E-state index is 0.718. The number of amidine groups is 2. The number of likely N-dealkylation sites (tertiary alicyclic amines) is 1. The normalized spacial score (nSPS) is 20.5. The molecule has 0 aromatic heterocycles. The maximum Gasteiger partial charge on any atom is 0.0954 e. The van der Waals surface area contributed by atoms with Gasteiger partial charge in [-0.1, -0.05) is 0 Å². The first kappa shape index (κ1) is 15.3. The van der Waals surface area contributed by atoms with E-state index < -0.39 is 0 Å². The Morgan fingerprint density at radius 2 is 1.56 bits per heavy atom. The molecular formula is C13H26N4S. The molecule has 0 aromatic carbocycles. The van der Waals surface area contributed by atoms with Gasteiger partial charge in [0.15, 0.2) is 0 Å². The Kier molecular flexibility index (Phi) is 7.16. The Bertz CT molecular complexity index is 279. The number of hydrogen-bond acceptors (Lipinski definition) is 3. The molecule has 1 N–H and O–H groups in total. The van der Waals surface area contributed by atoms with Gasteiger partial charge in [0.2, 0.25) is 0 Å². The molecule has 0 atom stereocenters. The Morgan fingerprint density at radius 1 is 1.00 bits per heavy atom. The third-order valence-electron chi connectivity index (χ3n) is 3.37. The van der Waals surface area contributed by atoms with Crippen molar-refractivity contribution in [3.63, 3.8) is 0 Å². The van der Waals surface area contributed by atoms with Crippen LogP contribution >= 0.6 is 11.8 Å². The molecule has 0 bridgehead atoms. The second kappa shape index (κ2) is 8.40. The van der Waals surface area contributed by atoms with Crippen molar-refractivity contribution in [2.45, 2.75) is 26.7 Å². The standard InChI is InChI=1S/C7H14N2.C6H12N2S/c1-7(8-2)9-5-3-4-6-9;1-6(7)8-2-4-9-5-3-8/h3-6H2,1-2H3;7H,2-5H2,1H3. The fourth-order valence-electron chi connectivity index (χ4n) is 2.08. The number of thioether (sulfide) groups is 1. The van der Waals surface area contributed by atoms with Crippen LogP contribution in [0.5, 0.6) is 0 Å². The first-order valence-corrected chi connectivity index (χ1v) is 7.86. The Morgan fingerprint density at radius 3 is 1.94 bits per heavy atom. The predicted molar refractivity (Wildman–Crippen MR) is 82.1 cm³/mol. The van der Waals surface area contributed by atoms with E-state index in [1.54, 1.807) is 0 Å². The van der Waals surface area contributed by atoms with E-state index in [0.29, 0.717) is 0 Å². The molecule has 0 radical (unpaired) electrons. The van der Waals surface area contributed by atoms with E-state index in [0.717, 1.165) is 18.9 Å². The summed E-state index contributed by atoms with van der Waals surface area (Å²) in [5, 5.41) is 7.31. The number of rotatable bonds is 0. The average molecular weight is 270 g/mol. The summed E-state index contributed by atoms with van der Waals surface area (Å²) in [5.41, 5.74) is 0. The lowest BCUT2D eigenvalue weighted by Gasteiger charge is -2.26. The molecule has 2 fully saturated rings. The van der Waals surface area contributed by atoms with Gasteiger partial charge in [-0.25, -0.2) is 0 Å². The van der Waals surface area contributed by atoms with Crippen molar-refractivity contribution in [2.24, 2.45) is 4.99 Å². The summed E-state index contributed by atoms with van der Waals surface area (Å²) >= 11 is 1.98. The topological polar surface area (TPSA) is 42.7 Å². The highest BCUT2D eigenvalue weighted by Crippen LogP contribution is 2.08. The van der Waals surface area contributed by atoms with E-state index in [4.69, 9.17) is 5.41 Å². The molecule has 0 aliphatic carbocycles. The first-order valence-electron chi connectivity index (χ1n) is 6.71. The van der Waals surface area contributed by atoms with Crippen LogP contribution in [0.15, 0.2) is 4.99 Å². The van der Waals surface area contributed by atoms with Crippen molar-refractivity contribution in [1.82, 2.24) is 9.80 Å². The lowest BCUT2D eigenvalue weighted by Crippen LogP contribution is -2.35. The lowest BCUT2D eigenvalue weighted by atomic mass is 10.4. The lowest BCUT2D eigenvalue weighted by molar-refractivity contribution is 0.457. The second-order valence-electron chi connectivity index (χ2n) is 4.65. The number of nitrogens with zero attached hydrogens (tertiary/aromatic N) is 3. The van der Waals surface area contributed by atoms with Gasteiger partial charge in [0.25, 0.3) is 0 Å². The SMILES string of the molecule is CC(=N)N1CCSCC1.CN=C(C)N1CCCC1. The van der Waals surface area contributed by atoms with Crippen LogP contribution < -0.4 is 0 Å². The zero-order valence-electron chi connectivity index (χ0n) is 11.9. The van der Waals surface area contributed by atoms with Crippen molar-refractivity contribution in [3.05, 3.63) is 0 Å². The highest BCUT2D eigenvalue weighted by atomic mass is 32.2. The van der Waals surface area contributed by atoms with Crippen molar-refractivity contribution in [1.29, 1.82) is 5.41 Å². The van der Waals surface area contributed by atoms with Crippen LogP contribution in [0.2, 0.25) is 0 Å². The molecule has 18 heavy (non-hydrogen) atoms. The highest BCUT2D eigenvalue weighted by Gasteiger charge is 2.11. The molecule has 2 aliphatic rings. The maximum absolute atomic E-state index is 7.31. The van der Waals surface area contributed by atoms with Gasteiger partial charge >= 0.3 is 0 Å². The molecule has 0 spiro atoms. The average Bonchev–Trinajstić information content (AvgIpc) is 2.93. The molecule has 4 nitrogen and oxygen atoms in total. The Labute approximate surface area is 115 Å². The Hall–Kier alpha value is -0.710. The van der Waals surface area contributed by atoms with E-state index in [1.807, 2.05) is 25.7 Å². The molecule has 2 aliphatic heterocycles. The molecule has 0 aromatic rings. The summed E-state index contributed by atoms with van der Waals surface area (Å²) in [4.78, 5) is 8.57. The monoisotopic (exact) mass is 270 g/mol. The third-order valence-corrected chi connectivity index (χ3v) is 4.32. The van der Waals surface area contributed by atoms with E-state index in [1.165, 1.54) is 43.3 Å². The summed E-state index contributed by atoms with van der Waals surface area (Å²) in [5.74, 6) is 4.29. The summed E-state index contributed by atoms with van der Waals surface area (Å²) in [6.07, 6.45) is 2.68. The fraction of sp³-hybridized carbons (Fsp3) is 0.846. The van der Waals surface area contributed by atoms with Crippen LogP contribution in [0.4, 0.5) is 0 Å². The van der Waals surface area contributed by atoms with E-state index >= 15 is 0 Å². The maximum atomic E-state index is 7.31. The van der Waals surface area contributed by atoms with Gasteiger partial charge in [0.1, 0.15) is 0 Å². The molecule has 0 saturated carbocycles. The minimum absolute atomic E-state index is 0.718. The van der Waals surface area contributed by atoms with Crippen LogP contribution in [0.3, 0.4) is 0 Å². The van der Waals surface area contributed by atoms with Crippen molar-refractivity contribution in [3.8, 4) is 0 Å². The highest BCUT2D eigenvalue weighted by molar-refractivity contribution is 7.99. The molecule has 0 amide bonds. The zero-order chi connectivity index (χ0) is 13.4. The zero-order valence-corrected chi connectivity index (χ0v) is 12.7. The second-order valence-corrected chi connectivity index (χ2v) is 5.87. The molecular weight excluding hydrogens is 244 g/mol. The van der Waals surface area contributed by atoms with Crippen LogP contribution in [0.25, 0.3) is 0 Å². The third kappa shape index (κ3) is 5.29. The molecule has 2 rings (SSSR count). The van der Waals surface area contributed by atoms with Crippen LogP contribution in [0, 0.1) is 5.41 Å². The van der Waals surface area contributed by atoms with Crippen LogP contribution in [0.1, 0.15) is 26.7 Å². The van der Waals surface area contributed by atoms with Gasteiger partial charge in [-0.15, -0.1) is 0 Å². The van der Waals surface area contributed by atoms with Gasteiger partial charge in [0, 0.05) is 44.7 Å². The summed E-state index contributed by atoms with van der Waals surface area (Å²) in [6.45, 7) is 8.49. The van der Waals surface area contributed by atoms with Crippen molar-refractivity contribution < 1.29 is 0 Å². The largest absolute Gasteiger partial charge is 0.361 e. The molecule has 104 valence electrons. The van der Waals surface area contributed by atoms with Gasteiger partial charge < -0.3 is 9.80 Å². The molecule has 2 saturated heterocycles. The first-order chi connectivity index (χ1) is 8.65. The van der Waals surface area contributed by atoms with Crippen molar-refractivity contribution >= 4 is 23.4 Å². The molecule has 5 heteroatoms. The number of hydrogen-bond donors (Lipinski definition) is 1. The van der Waals surface area contributed by atoms with E-state index in [-0.39, 0.29) is 0 Å². The summed E-state index contributed by atoms with van der Waals surface area (Å²) in [7, 11) is 1.85. The van der Waals surface area contributed by atoms with Gasteiger partial charge in [-0.05, 0) is 26.7 Å². The van der Waals surface area contributed by atoms with E-state index in [9.17, 15) is 0 Å². The quantitative estimate of drug-likeness (QED) is 0.542. The fourth-order valence-corrected chi connectivity index (χ4v) is 2.98. The molecule has 0 unspecified atom stereocenters. The summed E-state index contributed by atoms with van der Waals surface area (Å²) < 4.78 is 0. The summed E-state index contributed by atoms with van der Waals surface area (Å²) in [6, 6.07) is 0.